The molecule has 9 heteroatoms. The lowest BCUT2D eigenvalue weighted by molar-refractivity contribution is -0.140. The standard InChI is InChI=1S/C25H35N3O5S/c1-5-17-26-25(30)19(3)28(18-21-7-12-22(33-4)13-8-21)24(29)16-11-20-9-14-23(15-10-20)34(31,32)27-6-2/h7-10,12-15,19,27H,5-6,11,16-18H2,1-4H3,(H,26,30)/t19-/m1/s1. The normalized spacial score (nSPS) is 12.1. The molecule has 34 heavy (non-hydrogen) atoms. The number of hydrogen-bond acceptors (Lipinski definition) is 5. The maximum absolute atomic E-state index is 13.2. The van der Waals surface area contributed by atoms with E-state index in [1.807, 2.05) is 31.2 Å². The summed E-state index contributed by atoms with van der Waals surface area (Å²) in [6.45, 7) is 6.58. The molecule has 0 radical (unpaired) electrons. The largest absolute Gasteiger partial charge is 0.497 e. The Morgan fingerprint density at radius 3 is 2.18 bits per heavy atom. The summed E-state index contributed by atoms with van der Waals surface area (Å²) in [6.07, 6.45) is 1.44. The van der Waals surface area contributed by atoms with E-state index in [2.05, 4.69) is 10.0 Å². The highest BCUT2D eigenvalue weighted by molar-refractivity contribution is 7.89. The summed E-state index contributed by atoms with van der Waals surface area (Å²) in [5.41, 5.74) is 1.73. The second-order valence-electron chi connectivity index (χ2n) is 7.98. The van der Waals surface area contributed by atoms with Crippen LogP contribution in [-0.4, -0.2) is 51.4 Å². The van der Waals surface area contributed by atoms with Crippen molar-refractivity contribution in [2.75, 3.05) is 20.2 Å². The molecule has 0 aliphatic carbocycles. The molecule has 0 aromatic heterocycles. The molecule has 0 bridgehead atoms. The number of nitrogens with zero attached hydrogens (tertiary/aromatic N) is 1. The number of carbonyl (C=O) groups excluding carboxylic acids is 2. The second-order valence-corrected chi connectivity index (χ2v) is 9.75. The van der Waals surface area contributed by atoms with Gasteiger partial charge in [0.05, 0.1) is 12.0 Å². The first-order valence-corrected chi connectivity index (χ1v) is 13.0. The lowest BCUT2D eigenvalue weighted by Gasteiger charge is -2.29. The van der Waals surface area contributed by atoms with Gasteiger partial charge < -0.3 is 15.0 Å². The predicted molar refractivity (Wildman–Crippen MR) is 132 cm³/mol. The Morgan fingerprint density at radius 2 is 1.62 bits per heavy atom. The zero-order valence-corrected chi connectivity index (χ0v) is 21.2. The van der Waals surface area contributed by atoms with Crippen LogP contribution in [0, 0.1) is 0 Å². The third kappa shape index (κ3) is 7.85. The molecular formula is C25H35N3O5S. The SMILES string of the molecule is CCCNC(=O)[C@@H](C)N(Cc1ccc(OC)cc1)C(=O)CCc1ccc(S(=O)(=O)NCC)cc1. The molecule has 0 saturated carbocycles. The van der Waals surface area contributed by atoms with Gasteiger partial charge in [-0.3, -0.25) is 9.59 Å². The molecule has 0 saturated heterocycles. The van der Waals surface area contributed by atoms with Crippen molar-refractivity contribution in [3.8, 4) is 5.75 Å². The molecule has 2 aromatic rings. The van der Waals surface area contributed by atoms with E-state index >= 15 is 0 Å². The van der Waals surface area contributed by atoms with Gasteiger partial charge >= 0.3 is 0 Å². The molecule has 0 fully saturated rings. The van der Waals surface area contributed by atoms with E-state index < -0.39 is 16.1 Å². The van der Waals surface area contributed by atoms with Crippen molar-refractivity contribution in [3.05, 3.63) is 59.7 Å². The van der Waals surface area contributed by atoms with Gasteiger partial charge in [0, 0.05) is 26.1 Å². The first kappa shape index (κ1) is 27.3. The van der Waals surface area contributed by atoms with Gasteiger partial charge in [-0.05, 0) is 55.2 Å². The highest BCUT2D eigenvalue weighted by atomic mass is 32.2. The molecule has 0 aliphatic rings. The monoisotopic (exact) mass is 489 g/mol. The maximum atomic E-state index is 13.2. The Hall–Kier alpha value is -2.91. The Labute approximate surface area is 202 Å². The third-order valence-corrected chi connectivity index (χ3v) is 6.99. The molecule has 0 spiro atoms. The highest BCUT2D eigenvalue weighted by Crippen LogP contribution is 2.17. The number of rotatable bonds is 13. The number of benzene rings is 2. The lowest BCUT2D eigenvalue weighted by Crippen LogP contribution is -2.47. The van der Waals surface area contributed by atoms with Crippen LogP contribution >= 0.6 is 0 Å². The van der Waals surface area contributed by atoms with E-state index in [-0.39, 0.29) is 23.1 Å². The van der Waals surface area contributed by atoms with Crippen molar-refractivity contribution < 1.29 is 22.7 Å². The molecule has 186 valence electrons. The van der Waals surface area contributed by atoms with E-state index in [1.165, 1.54) is 12.1 Å². The number of sulfonamides is 1. The fourth-order valence-corrected chi connectivity index (χ4v) is 4.45. The number of methoxy groups -OCH3 is 1. The van der Waals surface area contributed by atoms with Gasteiger partial charge in [0.15, 0.2) is 0 Å². The first-order chi connectivity index (χ1) is 16.2. The quantitative estimate of drug-likeness (QED) is 0.450. The van der Waals surface area contributed by atoms with Crippen molar-refractivity contribution in [1.82, 2.24) is 14.9 Å². The van der Waals surface area contributed by atoms with Crippen LogP contribution in [0.15, 0.2) is 53.4 Å². The first-order valence-electron chi connectivity index (χ1n) is 11.5. The van der Waals surface area contributed by atoms with Crippen molar-refractivity contribution in [2.45, 2.75) is 57.5 Å². The fourth-order valence-electron chi connectivity index (χ4n) is 3.41. The zero-order chi connectivity index (χ0) is 25.1. The summed E-state index contributed by atoms with van der Waals surface area (Å²) in [7, 11) is -1.93. The number of aryl methyl sites for hydroxylation is 1. The van der Waals surface area contributed by atoms with Crippen LogP contribution in [0.1, 0.15) is 44.7 Å². The number of nitrogens with one attached hydrogen (secondary N) is 2. The fraction of sp³-hybridized carbons (Fsp3) is 0.440. The Balaban J connectivity index is 2.12. The molecule has 8 nitrogen and oxygen atoms in total. The lowest BCUT2D eigenvalue weighted by atomic mass is 10.1. The van der Waals surface area contributed by atoms with Crippen LogP contribution in [0.5, 0.6) is 5.75 Å². The molecule has 0 heterocycles. The Kier molecular flexibility index (Phi) is 10.5. The molecular weight excluding hydrogens is 454 g/mol. The van der Waals surface area contributed by atoms with Gasteiger partial charge in [0.2, 0.25) is 21.8 Å². The summed E-state index contributed by atoms with van der Waals surface area (Å²) in [6, 6.07) is 13.3. The molecule has 1 atom stereocenters. The van der Waals surface area contributed by atoms with Crippen LogP contribution in [0.4, 0.5) is 0 Å². The molecule has 2 aromatic carbocycles. The molecule has 0 aliphatic heterocycles. The molecule has 2 amide bonds. The summed E-state index contributed by atoms with van der Waals surface area (Å²) < 4.78 is 31.9. The van der Waals surface area contributed by atoms with Crippen molar-refractivity contribution >= 4 is 21.8 Å². The van der Waals surface area contributed by atoms with E-state index in [0.29, 0.717) is 26.1 Å². The van der Waals surface area contributed by atoms with Crippen LogP contribution in [0.25, 0.3) is 0 Å². The highest BCUT2D eigenvalue weighted by Gasteiger charge is 2.25. The van der Waals surface area contributed by atoms with E-state index in [1.54, 1.807) is 38.0 Å². The Bertz CT molecular complexity index is 1040. The smallest absolute Gasteiger partial charge is 0.242 e. The minimum atomic E-state index is -3.52. The summed E-state index contributed by atoms with van der Waals surface area (Å²) in [5, 5.41) is 2.86. The van der Waals surface area contributed by atoms with Gasteiger partial charge in [-0.1, -0.05) is 38.1 Å². The average Bonchev–Trinajstić information content (AvgIpc) is 2.84. The Morgan fingerprint density at radius 1 is 1.00 bits per heavy atom. The summed E-state index contributed by atoms with van der Waals surface area (Å²) in [4.78, 5) is 27.6. The summed E-state index contributed by atoms with van der Waals surface area (Å²) in [5.74, 6) is 0.371. The minimum Gasteiger partial charge on any atom is -0.497 e. The number of ether oxygens (including phenoxy) is 1. The van der Waals surface area contributed by atoms with Crippen LogP contribution in [0.2, 0.25) is 0 Å². The predicted octanol–water partition coefficient (Wildman–Crippen LogP) is 2.87. The topological polar surface area (TPSA) is 105 Å². The second kappa shape index (κ2) is 13.1. The number of carbonyl (C=O) groups is 2. The molecule has 2 rings (SSSR count). The number of hydrogen-bond donors (Lipinski definition) is 2. The summed E-state index contributed by atoms with van der Waals surface area (Å²) >= 11 is 0. The van der Waals surface area contributed by atoms with Crippen molar-refractivity contribution in [2.24, 2.45) is 0 Å². The van der Waals surface area contributed by atoms with Gasteiger partial charge in [0.25, 0.3) is 0 Å². The minimum absolute atomic E-state index is 0.153. The van der Waals surface area contributed by atoms with Gasteiger partial charge in [-0.15, -0.1) is 0 Å². The van der Waals surface area contributed by atoms with Crippen molar-refractivity contribution in [1.29, 1.82) is 0 Å². The van der Waals surface area contributed by atoms with Gasteiger partial charge in [-0.25, -0.2) is 13.1 Å². The zero-order valence-electron chi connectivity index (χ0n) is 20.3. The van der Waals surface area contributed by atoms with E-state index in [0.717, 1.165) is 23.3 Å². The van der Waals surface area contributed by atoms with Crippen LogP contribution in [0.3, 0.4) is 0 Å². The van der Waals surface area contributed by atoms with E-state index in [4.69, 9.17) is 4.74 Å². The van der Waals surface area contributed by atoms with Crippen molar-refractivity contribution in [3.63, 3.8) is 0 Å². The molecule has 0 unspecified atom stereocenters. The van der Waals surface area contributed by atoms with E-state index in [9.17, 15) is 18.0 Å². The average molecular weight is 490 g/mol. The maximum Gasteiger partial charge on any atom is 0.242 e. The van der Waals surface area contributed by atoms with Gasteiger partial charge in [0.1, 0.15) is 11.8 Å². The van der Waals surface area contributed by atoms with Crippen LogP contribution < -0.4 is 14.8 Å². The molecule has 2 N–H and O–H groups in total. The third-order valence-electron chi connectivity index (χ3n) is 5.42. The number of amides is 2. The van der Waals surface area contributed by atoms with Crippen LogP contribution in [-0.2, 0) is 32.6 Å². The van der Waals surface area contributed by atoms with Gasteiger partial charge in [-0.2, -0.15) is 0 Å².